The van der Waals surface area contributed by atoms with Crippen LogP contribution < -0.4 is 15.2 Å². The molecule has 3 heterocycles. The number of nitrogens with one attached hydrogen (secondary N) is 1. The minimum Gasteiger partial charge on any atom is -0.378 e. The number of nitrogens with zero attached hydrogens (tertiary/aromatic N) is 6. The van der Waals surface area contributed by atoms with Gasteiger partial charge in [0.1, 0.15) is 5.82 Å². The smallest absolute Gasteiger partial charge is 0.269 e. The second-order valence-electron chi connectivity index (χ2n) is 6.83. The molecule has 1 aromatic carbocycles. The van der Waals surface area contributed by atoms with Crippen LogP contribution in [0.4, 0.5) is 23.3 Å². The monoisotopic (exact) mass is 413 g/mol. The van der Waals surface area contributed by atoms with Gasteiger partial charge in [-0.1, -0.05) is 0 Å². The fourth-order valence-corrected chi connectivity index (χ4v) is 3.19. The molecule has 0 amide bonds. The molecule has 2 aliphatic heterocycles. The van der Waals surface area contributed by atoms with Gasteiger partial charge in [0.2, 0.25) is 5.95 Å². The molecule has 0 radical (unpaired) electrons. The van der Waals surface area contributed by atoms with E-state index in [1.165, 1.54) is 12.1 Å². The van der Waals surface area contributed by atoms with E-state index in [1.54, 1.807) is 18.3 Å². The van der Waals surface area contributed by atoms with Crippen molar-refractivity contribution in [3.05, 3.63) is 46.0 Å². The van der Waals surface area contributed by atoms with Crippen molar-refractivity contribution in [1.82, 2.24) is 9.97 Å². The molecule has 0 atom stereocenters. The van der Waals surface area contributed by atoms with E-state index in [2.05, 4.69) is 25.3 Å². The molecule has 30 heavy (non-hydrogen) atoms. The van der Waals surface area contributed by atoms with E-state index in [0.717, 1.165) is 37.6 Å². The molecular formula is C19H23N7O4. The average molecular weight is 413 g/mol. The first-order chi connectivity index (χ1) is 14.7. The number of ether oxygens (including phenoxy) is 2. The van der Waals surface area contributed by atoms with E-state index in [9.17, 15) is 10.1 Å². The number of hydrogen-bond donors (Lipinski definition) is 1. The van der Waals surface area contributed by atoms with Gasteiger partial charge >= 0.3 is 0 Å². The Bertz CT molecular complexity index is 858. The summed E-state index contributed by atoms with van der Waals surface area (Å²) in [7, 11) is 0. The van der Waals surface area contributed by atoms with Gasteiger partial charge in [-0.15, -0.1) is 0 Å². The first-order valence-electron chi connectivity index (χ1n) is 9.77. The van der Waals surface area contributed by atoms with Crippen LogP contribution in [0.3, 0.4) is 0 Å². The molecule has 2 saturated heterocycles. The zero-order valence-electron chi connectivity index (χ0n) is 16.4. The van der Waals surface area contributed by atoms with Gasteiger partial charge in [-0.2, -0.15) is 15.1 Å². The Balaban J connectivity index is 1.52. The second kappa shape index (κ2) is 9.46. The van der Waals surface area contributed by atoms with Gasteiger partial charge < -0.3 is 19.3 Å². The summed E-state index contributed by atoms with van der Waals surface area (Å²) in [4.78, 5) is 23.9. The largest absolute Gasteiger partial charge is 0.378 e. The molecule has 11 heteroatoms. The number of morpholine rings is 2. The molecule has 1 aromatic heterocycles. The summed E-state index contributed by atoms with van der Waals surface area (Å²) in [5.74, 6) is 2.03. The molecule has 4 rings (SSSR count). The van der Waals surface area contributed by atoms with Crippen LogP contribution in [0.15, 0.2) is 35.4 Å². The van der Waals surface area contributed by atoms with Crippen molar-refractivity contribution in [2.24, 2.45) is 5.10 Å². The predicted octanol–water partition coefficient (Wildman–Crippen LogP) is 1.50. The lowest BCUT2D eigenvalue weighted by Gasteiger charge is -2.31. The van der Waals surface area contributed by atoms with Gasteiger partial charge in [-0.05, 0) is 17.7 Å². The van der Waals surface area contributed by atoms with Crippen molar-refractivity contribution < 1.29 is 14.4 Å². The number of hydrogen-bond acceptors (Lipinski definition) is 10. The van der Waals surface area contributed by atoms with Crippen LogP contribution in [0.5, 0.6) is 0 Å². The Morgan fingerprint density at radius 3 is 2.27 bits per heavy atom. The lowest BCUT2D eigenvalue weighted by atomic mass is 10.2. The van der Waals surface area contributed by atoms with Crippen molar-refractivity contribution in [3.63, 3.8) is 0 Å². The van der Waals surface area contributed by atoms with Crippen LogP contribution in [-0.2, 0) is 9.47 Å². The SMILES string of the molecule is O=[N+]([O-])c1ccc(/C=N\Nc2cc(N3CCOCC3)nc(N3CCOCC3)n2)cc1. The number of hydrazone groups is 1. The van der Waals surface area contributed by atoms with E-state index in [-0.39, 0.29) is 5.69 Å². The van der Waals surface area contributed by atoms with Crippen LogP contribution >= 0.6 is 0 Å². The molecule has 158 valence electrons. The van der Waals surface area contributed by atoms with Crippen molar-refractivity contribution in [2.75, 3.05) is 67.8 Å². The minimum absolute atomic E-state index is 0.0428. The maximum Gasteiger partial charge on any atom is 0.269 e. The number of benzene rings is 1. The van der Waals surface area contributed by atoms with Gasteiger partial charge in [-0.25, -0.2) is 0 Å². The highest BCUT2D eigenvalue weighted by Crippen LogP contribution is 2.22. The molecule has 2 fully saturated rings. The van der Waals surface area contributed by atoms with Gasteiger partial charge in [0, 0.05) is 44.4 Å². The highest BCUT2D eigenvalue weighted by molar-refractivity contribution is 5.80. The highest BCUT2D eigenvalue weighted by atomic mass is 16.6. The fourth-order valence-electron chi connectivity index (χ4n) is 3.19. The lowest BCUT2D eigenvalue weighted by Crippen LogP contribution is -2.39. The maximum absolute atomic E-state index is 10.8. The molecule has 2 aliphatic rings. The van der Waals surface area contributed by atoms with E-state index in [1.807, 2.05) is 6.07 Å². The van der Waals surface area contributed by atoms with Gasteiger partial charge in [0.15, 0.2) is 5.82 Å². The molecular weight excluding hydrogens is 390 g/mol. The zero-order chi connectivity index (χ0) is 20.8. The topological polar surface area (TPSA) is 118 Å². The number of non-ortho nitro benzene ring substituents is 1. The lowest BCUT2D eigenvalue weighted by molar-refractivity contribution is -0.384. The Morgan fingerprint density at radius 1 is 1.00 bits per heavy atom. The summed E-state index contributed by atoms with van der Waals surface area (Å²) in [5, 5.41) is 15.0. The summed E-state index contributed by atoms with van der Waals surface area (Å²) < 4.78 is 10.9. The first-order valence-corrected chi connectivity index (χ1v) is 9.77. The minimum atomic E-state index is -0.430. The highest BCUT2D eigenvalue weighted by Gasteiger charge is 2.19. The molecule has 0 spiro atoms. The number of nitro groups is 1. The number of rotatable bonds is 6. The van der Waals surface area contributed by atoms with Crippen molar-refractivity contribution in [1.29, 1.82) is 0 Å². The van der Waals surface area contributed by atoms with Crippen LogP contribution in [0.2, 0.25) is 0 Å². The Labute approximate surface area is 173 Å². The van der Waals surface area contributed by atoms with E-state index >= 15 is 0 Å². The molecule has 1 N–H and O–H groups in total. The second-order valence-corrected chi connectivity index (χ2v) is 6.83. The van der Waals surface area contributed by atoms with E-state index in [0.29, 0.717) is 38.2 Å². The maximum atomic E-state index is 10.8. The van der Waals surface area contributed by atoms with Crippen LogP contribution in [0.25, 0.3) is 0 Å². The van der Waals surface area contributed by atoms with E-state index in [4.69, 9.17) is 14.5 Å². The Kier molecular flexibility index (Phi) is 6.30. The fraction of sp³-hybridized carbons (Fsp3) is 0.421. The predicted molar refractivity (Wildman–Crippen MR) is 112 cm³/mol. The number of aromatic nitrogens is 2. The molecule has 0 unspecified atom stereocenters. The van der Waals surface area contributed by atoms with Crippen molar-refractivity contribution in [2.45, 2.75) is 0 Å². The quantitative estimate of drug-likeness (QED) is 0.427. The molecule has 0 saturated carbocycles. The third-order valence-electron chi connectivity index (χ3n) is 4.83. The summed E-state index contributed by atoms with van der Waals surface area (Å²) in [6.45, 7) is 5.63. The van der Waals surface area contributed by atoms with Gasteiger partial charge in [0.25, 0.3) is 5.69 Å². The molecule has 0 bridgehead atoms. The van der Waals surface area contributed by atoms with Crippen LogP contribution in [0, 0.1) is 10.1 Å². The average Bonchev–Trinajstić information content (AvgIpc) is 2.80. The van der Waals surface area contributed by atoms with Crippen molar-refractivity contribution >= 4 is 29.5 Å². The Morgan fingerprint density at radius 2 is 1.63 bits per heavy atom. The van der Waals surface area contributed by atoms with Gasteiger partial charge in [-0.3, -0.25) is 15.5 Å². The third kappa shape index (κ3) is 4.99. The first kappa shape index (κ1) is 20.0. The summed E-state index contributed by atoms with van der Waals surface area (Å²) >= 11 is 0. The van der Waals surface area contributed by atoms with Gasteiger partial charge in [0.05, 0.1) is 37.6 Å². The summed E-state index contributed by atoms with van der Waals surface area (Å²) in [5.41, 5.74) is 3.74. The zero-order valence-corrected chi connectivity index (χ0v) is 16.4. The summed E-state index contributed by atoms with van der Waals surface area (Å²) in [6.07, 6.45) is 1.59. The van der Waals surface area contributed by atoms with Crippen LogP contribution in [-0.4, -0.2) is 73.7 Å². The molecule has 11 nitrogen and oxygen atoms in total. The standard InChI is InChI=1S/C19H23N7O4/c27-26(28)16-3-1-15(2-4-16)14-20-23-17-13-18(24-5-9-29-10-6-24)22-19(21-17)25-7-11-30-12-8-25/h1-4,13-14H,5-12H2,(H,21,22,23)/b20-14-. The number of nitro benzene ring substituents is 1. The third-order valence-corrected chi connectivity index (χ3v) is 4.83. The molecule has 0 aliphatic carbocycles. The number of anilines is 3. The van der Waals surface area contributed by atoms with E-state index < -0.39 is 4.92 Å². The van der Waals surface area contributed by atoms with Crippen LogP contribution in [0.1, 0.15) is 5.56 Å². The van der Waals surface area contributed by atoms with Crippen molar-refractivity contribution in [3.8, 4) is 0 Å². The Hall–Kier alpha value is -3.31. The molecule has 2 aromatic rings. The normalized spacial score (nSPS) is 17.3. The summed E-state index contributed by atoms with van der Waals surface area (Å²) in [6, 6.07) is 8.03.